The van der Waals surface area contributed by atoms with Crippen molar-refractivity contribution in [2.45, 2.75) is 18.9 Å². The lowest BCUT2D eigenvalue weighted by Crippen LogP contribution is -2.45. The van der Waals surface area contributed by atoms with Crippen LogP contribution in [0.4, 0.5) is 0 Å². The normalized spacial score (nSPS) is 11.0. The highest BCUT2D eigenvalue weighted by atomic mass is 16.4. The van der Waals surface area contributed by atoms with Gasteiger partial charge in [0.25, 0.3) is 5.91 Å². The van der Waals surface area contributed by atoms with Crippen LogP contribution in [0.5, 0.6) is 0 Å². The number of nitrogens with zero attached hydrogens (tertiary/aromatic N) is 1. The Kier molecular flexibility index (Phi) is 6.41. The van der Waals surface area contributed by atoms with E-state index in [9.17, 15) is 14.4 Å². The quantitative estimate of drug-likeness (QED) is 0.666. The van der Waals surface area contributed by atoms with Gasteiger partial charge < -0.3 is 15.7 Å². The van der Waals surface area contributed by atoms with Crippen molar-refractivity contribution in [1.82, 2.24) is 10.6 Å². The van der Waals surface area contributed by atoms with E-state index in [0.717, 1.165) is 0 Å². The molecule has 0 saturated carbocycles. The van der Waals surface area contributed by atoms with Gasteiger partial charge >= 0.3 is 5.97 Å². The summed E-state index contributed by atoms with van der Waals surface area (Å²) in [7, 11) is 0. The average Bonchev–Trinajstić information content (AvgIpc) is 2.49. The molecule has 3 N–H and O–H groups in total. The van der Waals surface area contributed by atoms with Crippen LogP contribution in [0.2, 0.25) is 0 Å². The lowest BCUT2D eigenvalue weighted by molar-refractivity contribution is -0.141. The van der Waals surface area contributed by atoms with Crippen molar-refractivity contribution in [3.8, 4) is 6.07 Å². The Labute approximate surface area is 121 Å². The molecule has 21 heavy (non-hydrogen) atoms. The van der Waals surface area contributed by atoms with Crippen LogP contribution in [0.1, 0.15) is 23.2 Å². The first-order chi connectivity index (χ1) is 10.0. The van der Waals surface area contributed by atoms with Crippen molar-refractivity contribution in [1.29, 1.82) is 5.26 Å². The van der Waals surface area contributed by atoms with Gasteiger partial charge in [-0.2, -0.15) is 5.26 Å². The summed E-state index contributed by atoms with van der Waals surface area (Å²) in [6.07, 6.45) is 0.0395. The predicted molar refractivity (Wildman–Crippen MR) is 73.2 cm³/mol. The molecule has 1 aromatic rings. The third-order valence-corrected chi connectivity index (χ3v) is 2.62. The summed E-state index contributed by atoms with van der Waals surface area (Å²) >= 11 is 0. The van der Waals surface area contributed by atoms with Gasteiger partial charge in [-0.1, -0.05) is 18.2 Å². The molecule has 0 aliphatic heterocycles. The molecular formula is C14H15N3O4. The van der Waals surface area contributed by atoms with Gasteiger partial charge in [-0.25, -0.2) is 4.79 Å². The maximum absolute atomic E-state index is 11.7. The van der Waals surface area contributed by atoms with Crippen molar-refractivity contribution in [2.75, 3.05) is 6.54 Å². The Morgan fingerprint density at radius 2 is 1.90 bits per heavy atom. The minimum Gasteiger partial charge on any atom is -0.480 e. The predicted octanol–water partition coefficient (Wildman–Crippen LogP) is 0.290. The van der Waals surface area contributed by atoms with E-state index in [1.165, 1.54) is 0 Å². The third kappa shape index (κ3) is 5.74. The number of hydrogen-bond acceptors (Lipinski definition) is 4. The zero-order chi connectivity index (χ0) is 15.7. The van der Waals surface area contributed by atoms with Gasteiger partial charge in [-0.3, -0.25) is 9.59 Å². The van der Waals surface area contributed by atoms with E-state index in [1.54, 1.807) is 30.3 Å². The molecule has 0 saturated heterocycles. The number of rotatable bonds is 7. The number of nitriles is 1. The maximum Gasteiger partial charge on any atom is 0.326 e. The smallest absolute Gasteiger partial charge is 0.326 e. The summed E-state index contributed by atoms with van der Waals surface area (Å²) in [5.74, 6) is -2.26. The van der Waals surface area contributed by atoms with Gasteiger partial charge in [0.05, 0.1) is 12.6 Å². The molecule has 0 bridgehead atoms. The molecule has 0 aliphatic carbocycles. The van der Waals surface area contributed by atoms with Gasteiger partial charge in [-0.15, -0.1) is 0 Å². The van der Waals surface area contributed by atoms with Gasteiger partial charge in [-0.05, 0) is 18.6 Å². The minimum atomic E-state index is -1.21. The lowest BCUT2D eigenvalue weighted by atomic mass is 10.1. The number of hydrogen-bond donors (Lipinski definition) is 3. The van der Waals surface area contributed by atoms with E-state index in [-0.39, 0.29) is 19.4 Å². The number of carbonyl (C=O) groups excluding carboxylic acids is 2. The zero-order valence-corrected chi connectivity index (χ0v) is 11.2. The van der Waals surface area contributed by atoms with E-state index in [0.29, 0.717) is 5.56 Å². The minimum absolute atomic E-state index is 0.0181. The average molecular weight is 289 g/mol. The molecular weight excluding hydrogens is 274 g/mol. The van der Waals surface area contributed by atoms with Crippen LogP contribution < -0.4 is 10.6 Å². The topological polar surface area (TPSA) is 119 Å². The Morgan fingerprint density at radius 1 is 1.24 bits per heavy atom. The molecule has 1 atom stereocenters. The Morgan fingerprint density at radius 3 is 2.48 bits per heavy atom. The van der Waals surface area contributed by atoms with Gasteiger partial charge in [0.2, 0.25) is 5.91 Å². The highest BCUT2D eigenvalue weighted by Gasteiger charge is 2.19. The van der Waals surface area contributed by atoms with Crippen LogP contribution in [-0.4, -0.2) is 35.5 Å². The number of aliphatic carboxylic acids is 1. The second-order valence-corrected chi connectivity index (χ2v) is 4.20. The fourth-order valence-electron chi connectivity index (χ4n) is 1.56. The monoisotopic (exact) mass is 289 g/mol. The molecule has 1 aromatic carbocycles. The molecule has 110 valence electrons. The Balaban J connectivity index is 2.44. The molecule has 0 spiro atoms. The summed E-state index contributed by atoms with van der Waals surface area (Å²) in [6, 6.07) is 9.02. The molecule has 7 heteroatoms. The van der Waals surface area contributed by atoms with Crippen LogP contribution >= 0.6 is 0 Å². The fourth-order valence-corrected chi connectivity index (χ4v) is 1.56. The second kappa shape index (κ2) is 8.32. The first kappa shape index (κ1) is 16.2. The molecule has 7 nitrogen and oxygen atoms in total. The molecule has 0 radical (unpaired) electrons. The summed E-state index contributed by atoms with van der Waals surface area (Å²) in [5, 5.41) is 22.0. The first-order valence-electron chi connectivity index (χ1n) is 6.27. The van der Waals surface area contributed by atoms with E-state index in [1.807, 2.05) is 6.07 Å². The summed E-state index contributed by atoms with van der Waals surface area (Å²) in [4.78, 5) is 34.2. The van der Waals surface area contributed by atoms with Gasteiger partial charge in [0.15, 0.2) is 0 Å². The largest absolute Gasteiger partial charge is 0.480 e. The maximum atomic E-state index is 11.7. The Bertz CT molecular complexity index is 551. The van der Waals surface area contributed by atoms with Gasteiger partial charge in [0.1, 0.15) is 6.04 Å². The number of amides is 2. The molecule has 0 unspecified atom stereocenters. The van der Waals surface area contributed by atoms with Crippen molar-refractivity contribution >= 4 is 17.8 Å². The van der Waals surface area contributed by atoms with Crippen LogP contribution in [0.3, 0.4) is 0 Å². The number of nitrogens with one attached hydrogen (secondary N) is 2. The van der Waals surface area contributed by atoms with Crippen LogP contribution in [0.15, 0.2) is 30.3 Å². The Hall–Kier alpha value is -2.88. The van der Waals surface area contributed by atoms with E-state index < -0.39 is 23.8 Å². The second-order valence-electron chi connectivity index (χ2n) is 4.20. The van der Waals surface area contributed by atoms with E-state index in [2.05, 4.69) is 10.6 Å². The zero-order valence-electron chi connectivity index (χ0n) is 11.2. The highest BCUT2D eigenvalue weighted by molar-refractivity contribution is 5.96. The van der Waals surface area contributed by atoms with Crippen molar-refractivity contribution in [3.63, 3.8) is 0 Å². The molecule has 0 fully saturated rings. The molecule has 0 heterocycles. The van der Waals surface area contributed by atoms with Crippen molar-refractivity contribution in [2.24, 2.45) is 0 Å². The van der Waals surface area contributed by atoms with Crippen molar-refractivity contribution < 1.29 is 19.5 Å². The van der Waals surface area contributed by atoms with Crippen LogP contribution in [0, 0.1) is 11.3 Å². The van der Waals surface area contributed by atoms with Crippen LogP contribution in [0.25, 0.3) is 0 Å². The number of benzene rings is 1. The molecule has 2 amide bonds. The number of carbonyl (C=O) groups is 3. The van der Waals surface area contributed by atoms with Crippen LogP contribution in [-0.2, 0) is 9.59 Å². The SMILES string of the molecule is N#CCC[C@@H](NC(=O)CNC(=O)c1ccccc1)C(=O)O. The van der Waals surface area contributed by atoms with Crippen molar-refractivity contribution in [3.05, 3.63) is 35.9 Å². The summed E-state index contributed by atoms with van der Waals surface area (Å²) in [5.41, 5.74) is 0.407. The first-order valence-corrected chi connectivity index (χ1v) is 6.27. The molecule has 0 aliphatic rings. The molecule has 1 rings (SSSR count). The summed E-state index contributed by atoms with van der Waals surface area (Å²) in [6.45, 7) is -0.329. The fraction of sp³-hybridized carbons (Fsp3) is 0.286. The van der Waals surface area contributed by atoms with Gasteiger partial charge in [0, 0.05) is 12.0 Å². The third-order valence-electron chi connectivity index (χ3n) is 2.62. The highest BCUT2D eigenvalue weighted by Crippen LogP contribution is 1.98. The lowest BCUT2D eigenvalue weighted by Gasteiger charge is -2.13. The van der Waals surface area contributed by atoms with E-state index in [4.69, 9.17) is 10.4 Å². The molecule has 0 aromatic heterocycles. The standard InChI is InChI=1S/C14H15N3O4/c15-8-4-7-11(14(20)21)17-12(18)9-16-13(19)10-5-2-1-3-6-10/h1-3,5-6,11H,4,7,9H2,(H,16,19)(H,17,18)(H,20,21)/t11-/m1/s1. The number of carboxylic acid groups (broad SMARTS) is 1. The van der Waals surface area contributed by atoms with E-state index >= 15 is 0 Å². The number of carboxylic acids is 1. The summed E-state index contributed by atoms with van der Waals surface area (Å²) < 4.78 is 0.